The molecule has 1 N–H and O–H groups in total. The molecule has 1 saturated carbocycles. The van der Waals surface area contributed by atoms with E-state index in [1.54, 1.807) is 6.92 Å². The van der Waals surface area contributed by atoms with Crippen molar-refractivity contribution < 1.29 is 18.3 Å². The van der Waals surface area contributed by atoms with Gasteiger partial charge in [0.15, 0.2) is 11.6 Å². The van der Waals surface area contributed by atoms with Crippen LogP contribution in [0.2, 0.25) is 0 Å². The van der Waals surface area contributed by atoms with Crippen LogP contribution < -0.4 is 10.1 Å². The predicted molar refractivity (Wildman–Crippen MR) is 85.8 cm³/mol. The molecule has 1 fully saturated rings. The van der Waals surface area contributed by atoms with Crippen molar-refractivity contribution in [2.75, 3.05) is 6.61 Å². The largest absolute Gasteiger partial charge is 0.488 e. The predicted octanol–water partition coefficient (Wildman–Crippen LogP) is 4.07. The highest BCUT2D eigenvalue weighted by molar-refractivity contribution is 6.53. The zero-order valence-corrected chi connectivity index (χ0v) is 14.6. The molecule has 2 rings (SSSR count). The Hall–Kier alpha value is -1.07. The minimum absolute atomic E-state index is 0.00212. The number of benzene rings is 1. The van der Waals surface area contributed by atoms with E-state index in [2.05, 4.69) is 5.32 Å². The summed E-state index contributed by atoms with van der Waals surface area (Å²) < 4.78 is 30.7. The first kappa shape index (κ1) is 18.3. The Bertz CT molecular complexity index is 612. The van der Waals surface area contributed by atoms with Crippen LogP contribution in [0.4, 0.5) is 8.78 Å². The zero-order valence-electron chi connectivity index (χ0n) is 13.1. The number of nitrogens with one attached hydrogen (secondary N) is 1. The summed E-state index contributed by atoms with van der Waals surface area (Å²) in [5.74, 6) is -1.86. The molecule has 7 heteroatoms. The van der Waals surface area contributed by atoms with E-state index < -0.39 is 27.4 Å². The van der Waals surface area contributed by atoms with Gasteiger partial charge in [-0.3, -0.25) is 4.79 Å². The van der Waals surface area contributed by atoms with Crippen molar-refractivity contribution in [3.05, 3.63) is 29.8 Å². The highest BCUT2D eigenvalue weighted by Crippen LogP contribution is 2.70. The summed E-state index contributed by atoms with van der Waals surface area (Å²) in [5, 5.41) is 2.77. The lowest BCUT2D eigenvalue weighted by atomic mass is 9.99. The number of amides is 1. The standard InChI is InChI=1S/C16H19Cl2F2NO2/c1-4-15(10(3)16(15,17)18)14(22)21-9(2)8-23-13-7-11(19)5-6-12(13)20/h5-7,9-10H,4,8H2,1-3H3,(H,21,22)/t9-,10?,15-/m1/s1. The van der Waals surface area contributed by atoms with Gasteiger partial charge in [0.2, 0.25) is 5.91 Å². The molecule has 3 nitrogen and oxygen atoms in total. The van der Waals surface area contributed by atoms with Crippen molar-refractivity contribution >= 4 is 29.1 Å². The van der Waals surface area contributed by atoms with Crippen molar-refractivity contribution in [2.24, 2.45) is 11.3 Å². The Morgan fingerprint density at radius 3 is 2.57 bits per heavy atom. The van der Waals surface area contributed by atoms with Crippen LogP contribution in [-0.2, 0) is 4.79 Å². The minimum atomic E-state index is -1.08. The lowest BCUT2D eigenvalue weighted by Crippen LogP contribution is -2.43. The molecule has 1 aromatic rings. The smallest absolute Gasteiger partial charge is 0.229 e. The fraction of sp³-hybridized carbons (Fsp3) is 0.562. The topological polar surface area (TPSA) is 38.3 Å². The van der Waals surface area contributed by atoms with E-state index >= 15 is 0 Å². The molecule has 0 saturated heterocycles. The molecule has 1 amide bonds. The Balaban J connectivity index is 1.94. The van der Waals surface area contributed by atoms with Gasteiger partial charge in [-0.1, -0.05) is 13.8 Å². The van der Waals surface area contributed by atoms with E-state index in [1.165, 1.54) is 0 Å². The van der Waals surface area contributed by atoms with Crippen LogP contribution in [0, 0.1) is 23.0 Å². The van der Waals surface area contributed by atoms with Gasteiger partial charge in [-0.25, -0.2) is 8.78 Å². The molecule has 0 bridgehead atoms. The van der Waals surface area contributed by atoms with E-state index in [-0.39, 0.29) is 24.2 Å². The SMILES string of the molecule is CC[C@]1(C(=O)N[C@H](C)COc2cc(F)ccc2F)C(C)C1(Cl)Cl. The zero-order chi connectivity index (χ0) is 17.4. The maximum Gasteiger partial charge on any atom is 0.229 e. The molecule has 1 aromatic carbocycles. The van der Waals surface area contributed by atoms with Crippen LogP contribution in [0.1, 0.15) is 27.2 Å². The van der Waals surface area contributed by atoms with E-state index in [1.807, 2.05) is 13.8 Å². The second kappa shape index (κ2) is 6.44. The Morgan fingerprint density at radius 2 is 2.04 bits per heavy atom. The lowest BCUT2D eigenvalue weighted by Gasteiger charge is -2.21. The van der Waals surface area contributed by atoms with Gasteiger partial charge in [0.25, 0.3) is 0 Å². The molecule has 23 heavy (non-hydrogen) atoms. The third kappa shape index (κ3) is 3.13. The second-order valence-electron chi connectivity index (χ2n) is 5.93. The van der Waals surface area contributed by atoms with Crippen molar-refractivity contribution in [1.82, 2.24) is 5.32 Å². The van der Waals surface area contributed by atoms with Crippen molar-refractivity contribution in [1.29, 1.82) is 0 Å². The first-order chi connectivity index (χ1) is 10.7. The Kier molecular flexibility index (Phi) is 5.12. The fourth-order valence-electron chi connectivity index (χ4n) is 2.89. The fourth-order valence-corrected chi connectivity index (χ4v) is 3.92. The van der Waals surface area contributed by atoms with Gasteiger partial charge in [-0.2, -0.15) is 0 Å². The maximum atomic E-state index is 13.5. The number of ether oxygens (including phenoxy) is 1. The highest BCUT2D eigenvalue weighted by atomic mass is 35.5. The molecular weight excluding hydrogens is 347 g/mol. The van der Waals surface area contributed by atoms with Crippen LogP contribution in [0.25, 0.3) is 0 Å². The summed E-state index contributed by atoms with van der Waals surface area (Å²) in [5.41, 5.74) is -0.825. The van der Waals surface area contributed by atoms with Gasteiger partial charge in [0.1, 0.15) is 16.8 Å². The molecule has 0 aliphatic heterocycles. The number of carbonyl (C=O) groups is 1. The summed E-state index contributed by atoms with van der Waals surface area (Å²) in [6, 6.07) is 2.54. The summed E-state index contributed by atoms with van der Waals surface area (Å²) in [6.45, 7) is 5.38. The van der Waals surface area contributed by atoms with Gasteiger partial charge >= 0.3 is 0 Å². The molecule has 0 heterocycles. The summed E-state index contributed by atoms with van der Waals surface area (Å²) in [6.07, 6.45) is 0.513. The van der Waals surface area contributed by atoms with Crippen LogP contribution in [0.15, 0.2) is 18.2 Å². The highest BCUT2D eigenvalue weighted by Gasteiger charge is 2.76. The number of alkyl halides is 2. The summed E-state index contributed by atoms with van der Waals surface area (Å²) >= 11 is 12.4. The molecule has 1 unspecified atom stereocenters. The maximum absolute atomic E-state index is 13.5. The van der Waals surface area contributed by atoms with E-state index in [9.17, 15) is 13.6 Å². The number of hydrogen-bond donors (Lipinski definition) is 1. The average Bonchev–Trinajstić information content (AvgIpc) is 2.93. The molecule has 3 atom stereocenters. The van der Waals surface area contributed by atoms with Crippen LogP contribution >= 0.6 is 23.2 Å². The normalized spacial score (nSPS) is 26.5. The molecule has 1 aliphatic rings. The third-order valence-corrected chi connectivity index (χ3v) is 5.85. The average molecular weight is 366 g/mol. The lowest BCUT2D eigenvalue weighted by molar-refractivity contribution is -0.127. The van der Waals surface area contributed by atoms with Gasteiger partial charge in [-0.15, -0.1) is 23.2 Å². The van der Waals surface area contributed by atoms with Gasteiger partial charge < -0.3 is 10.1 Å². The van der Waals surface area contributed by atoms with Crippen LogP contribution in [-0.4, -0.2) is 22.9 Å². The minimum Gasteiger partial charge on any atom is -0.488 e. The molecule has 1 aliphatic carbocycles. The van der Waals surface area contributed by atoms with Crippen LogP contribution in [0.3, 0.4) is 0 Å². The monoisotopic (exact) mass is 365 g/mol. The third-order valence-electron chi connectivity index (χ3n) is 4.52. The first-order valence-electron chi connectivity index (χ1n) is 7.43. The number of carbonyl (C=O) groups excluding carboxylic acids is 1. The van der Waals surface area contributed by atoms with E-state index in [0.29, 0.717) is 6.42 Å². The number of hydrogen-bond acceptors (Lipinski definition) is 2. The molecule has 0 aromatic heterocycles. The molecule has 0 spiro atoms. The molecule has 128 valence electrons. The quantitative estimate of drug-likeness (QED) is 0.771. The van der Waals surface area contributed by atoms with Crippen LogP contribution in [0.5, 0.6) is 5.75 Å². The van der Waals surface area contributed by atoms with Gasteiger partial charge in [-0.05, 0) is 25.5 Å². The van der Waals surface area contributed by atoms with Crippen molar-refractivity contribution in [3.8, 4) is 5.75 Å². The number of halogens is 4. The van der Waals surface area contributed by atoms with E-state index in [4.69, 9.17) is 27.9 Å². The van der Waals surface area contributed by atoms with Gasteiger partial charge in [0, 0.05) is 12.0 Å². The first-order valence-corrected chi connectivity index (χ1v) is 8.19. The Morgan fingerprint density at radius 1 is 1.43 bits per heavy atom. The Labute approximate surface area is 144 Å². The second-order valence-corrected chi connectivity index (χ2v) is 7.32. The summed E-state index contributed by atoms with van der Waals surface area (Å²) in [4.78, 5) is 12.5. The number of rotatable bonds is 6. The van der Waals surface area contributed by atoms with Crippen molar-refractivity contribution in [2.45, 2.75) is 37.6 Å². The molecular formula is C16H19Cl2F2NO2. The molecule has 0 radical (unpaired) electrons. The van der Waals surface area contributed by atoms with Gasteiger partial charge in [0.05, 0.1) is 11.5 Å². The van der Waals surface area contributed by atoms with Crippen molar-refractivity contribution in [3.63, 3.8) is 0 Å². The van der Waals surface area contributed by atoms with E-state index in [0.717, 1.165) is 18.2 Å². The summed E-state index contributed by atoms with van der Waals surface area (Å²) in [7, 11) is 0.